The number of aryl methyl sites for hydroxylation is 4. The Hall–Kier alpha value is -3.42. The predicted octanol–water partition coefficient (Wildman–Crippen LogP) is 3.42. The number of halogens is 1. The van der Waals surface area contributed by atoms with Gasteiger partial charge in [-0.15, -0.1) is 0 Å². The van der Waals surface area contributed by atoms with Crippen LogP contribution in [0.4, 0.5) is 4.39 Å². The van der Waals surface area contributed by atoms with Crippen molar-refractivity contribution < 1.29 is 18.3 Å². The molecule has 1 aromatic carbocycles. The number of ether oxygens (including phenoxy) is 1. The molecule has 0 atom stereocenters. The molecule has 146 valence electrons. The fourth-order valence-electron chi connectivity index (χ4n) is 2.54. The van der Waals surface area contributed by atoms with Crippen molar-refractivity contribution in [1.29, 1.82) is 0 Å². The van der Waals surface area contributed by atoms with Crippen molar-refractivity contribution in [3.8, 4) is 5.75 Å². The van der Waals surface area contributed by atoms with Crippen LogP contribution >= 0.6 is 0 Å². The van der Waals surface area contributed by atoms with Crippen LogP contribution in [0.15, 0.2) is 39.9 Å². The number of hydrazone groups is 1. The van der Waals surface area contributed by atoms with Crippen LogP contribution < -0.4 is 10.2 Å². The second-order valence-electron chi connectivity index (χ2n) is 6.41. The number of rotatable bonds is 6. The van der Waals surface area contributed by atoms with E-state index in [9.17, 15) is 9.18 Å². The van der Waals surface area contributed by atoms with Crippen molar-refractivity contribution in [2.24, 2.45) is 12.1 Å². The Kier molecular flexibility index (Phi) is 5.58. The van der Waals surface area contributed by atoms with Crippen molar-refractivity contribution in [3.63, 3.8) is 0 Å². The van der Waals surface area contributed by atoms with E-state index in [4.69, 9.17) is 9.15 Å². The van der Waals surface area contributed by atoms with Gasteiger partial charge in [-0.05, 0) is 56.2 Å². The number of furan rings is 1. The normalized spacial score (nSPS) is 11.2. The highest BCUT2D eigenvalue weighted by atomic mass is 19.1. The van der Waals surface area contributed by atoms with E-state index in [1.54, 1.807) is 13.0 Å². The molecule has 0 saturated heterocycles. The highest BCUT2D eigenvalue weighted by Gasteiger charge is 2.13. The predicted molar refractivity (Wildman–Crippen MR) is 102 cm³/mol. The van der Waals surface area contributed by atoms with Gasteiger partial charge in [0.25, 0.3) is 0 Å². The van der Waals surface area contributed by atoms with Gasteiger partial charge in [0, 0.05) is 7.05 Å². The van der Waals surface area contributed by atoms with Crippen LogP contribution in [0, 0.1) is 26.7 Å². The zero-order chi connectivity index (χ0) is 20.3. The molecule has 1 N–H and O–H groups in total. The van der Waals surface area contributed by atoms with Crippen LogP contribution in [0.3, 0.4) is 0 Å². The first kappa shape index (κ1) is 19.3. The van der Waals surface area contributed by atoms with Gasteiger partial charge in [-0.3, -0.25) is 4.79 Å². The molecule has 7 nitrogen and oxygen atoms in total. The molecule has 2 heterocycles. The number of benzene rings is 1. The second-order valence-corrected chi connectivity index (χ2v) is 6.41. The standard InChI is InChI=1S/C20H21FN4O3/c1-12-5-6-15(9-13(12)2)27-11-16-7-8-18(28-16)20(26)23-22-10-17-14(3)24-25(4)19(17)21/h5-10H,11H2,1-4H3,(H,23,26)/b22-10+. The smallest absolute Gasteiger partial charge is 0.307 e. The lowest BCUT2D eigenvalue weighted by atomic mass is 10.1. The van der Waals surface area contributed by atoms with E-state index < -0.39 is 11.9 Å². The van der Waals surface area contributed by atoms with E-state index in [2.05, 4.69) is 15.6 Å². The highest BCUT2D eigenvalue weighted by Crippen LogP contribution is 2.18. The Morgan fingerprint density at radius 3 is 2.75 bits per heavy atom. The molecule has 0 saturated carbocycles. The van der Waals surface area contributed by atoms with Crippen molar-refractivity contribution in [1.82, 2.24) is 15.2 Å². The number of nitrogens with one attached hydrogen (secondary N) is 1. The average molecular weight is 384 g/mol. The Balaban J connectivity index is 1.57. The number of hydrogen-bond acceptors (Lipinski definition) is 5. The molecule has 0 fully saturated rings. The molecule has 8 heteroatoms. The summed E-state index contributed by atoms with van der Waals surface area (Å²) in [7, 11) is 1.49. The second kappa shape index (κ2) is 8.08. The van der Waals surface area contributed by atoms with E-state index in [-0.39, 0.29) is 17.9 Å². The van der Waals surface area contributed by atoms with Crippen LogP contribution in [0.2, 0.25) is 0 Å². The topological polar surface area (TPSA) is 81.6 Å². The molecule has 0 aliphatic carbocycles. The minimum Gasteiger partial charge on any atom is -0.486 e. The summed E-state index contributed by atoms with van der Waals surface area (Å²) in [6.07, 6.45) is 1.21. The maximum absolute atomic E-state index is 13.8. The van der Waals surface area contributed by atoms with Gasteiger partial charge in [0.2, 0.25) is 5.95 Å². The molecule has 2 aromatic heterocycles. The fraction of sp³-hybridized carbons (Fsp3) is 0.250. The zero-order valence-electron chi connectivity index (χ0n) is 16.1. The van der Waals surface area contributed by atoms with Crippen LogP contribution in [0.25, 0.3) is 0 Å². The molecule has 0 spiro atoms. The van der Waals surface area contributed by atoms with Crippen LogP contribution in [0.1, 0.15) is 38.7 Å². The highest BCUT2D eigenvalue weighted by molar-refractivity contribution is 5.92. The molecule has 28 heavy (non-hydrogen) atoms. The maximum atomic E-state index is 13.8. The summed E-state index contributed by atoms with van der Waals surface area (Å²) in [6, 6.07) is 8.99. The first-order valence-corrected chi connectivity index (χ1v) is 8.66. The molecular weight excluding hydrogens is 363 g/mol. The van der Waals surface area contributed by atoms with Crippen molar-refractivity contribution in [2.45, 2.75) is 27.4 Å². The minimum absolute atomic E-state index is 0.0826. The summed E-state index contributed by atoms with van der Waals surface area (Å²) in [5.41, 5.74) is 5.31. The van der Waals surface area contributed by atoms with Gasteiger partial charge in [0.05, 0.1) is 17.5 Å². The van der Waals surface area contributed by atoms with E-state index in [0.29, 0.717) is 11.5 Å². The van der Waals surface area contributed by atoms with E-state index in [1.807, 2.05) is 32.0 Å². The fourth-order valence-corrected chi connectivity index (χ4v) is 2.54. The van der Waals surface area contributed by atoms with Crippen molar-refractivity contribution in [3.05, 3.63) is 70.2 Å². The van der Waals surface area contributed by atoms with E-state index in [0.717, 1.165) is 16.0 Å². The van der Waals surface area contributed by atoms with Gasteiger partial charge in [-0.1, -0.05) is 6.07 Å². The quantitative estimate of drug-likeness (QED) is 0.522. The summed E-state index contributed by atoms with van der Waals surface area (Å²) in [6.45, 7) is 5.89. The number of aromatic nitrogens is 2. The van der Waals surface area contributed by atoms with Crippen LogP contribution in [-0.2, 0) is 13.7 Å². The lowest BCUT2D eigenvalue weighted by molar-refractivity contribution is 0.0923. The summed E-state index contributed by atoms with van der Waals surface area (Å²) >= 11 is 0. The first-order chi connectivity index (χ1) is 13.3. The lowest BCUT2D eigenvalue weighted by Gasteiger charge is -2.06. The minimum atomic E-state index is -0.546. The molecule has 0 aliphatic rings. The SMILES string of the molecule is Cc1ccc(OCc2ccc(C(=O)N/N=C/c3c(C)nn(C)c3F)o2)cc1C. The first-order valence-electron chi connectivity index (χ1n) is 8.66. The monoisotopic (exact) mass is 384 g/mol. The largest absolute Gasteiger partial charge is 0.486 e. The van der Waals surface area contributed by atoms with Gasteiger partial charge in [0.1, 0.15) is 18.1 Å². The molecule has 0 bridgehead atoms. The number of amides is 1. The molecule has 0 aliphatic heterocycles. The third-order valence-corrected chi connectivity index (χ3v) is 4.30. The summed E-state index contributed by atoms with van der Waals surface area (Å²) in [5.74, 6) is 0.236. The van der Waals surface area contributed by atoms with Gasteiger partial charge in [-0.2, -0.15) is 14.6 Å². The summed E-state index contributed by atoms with van der Waals surface area (Å²) in [4.78, 5) is 12.1. The number of carbonyl (C=O) groups is 1. The Morgan fingerprint density at radius 1 is 1.29 bits per heavy atom. The number of carbonyl (C=O) groups excluding carboxylic acids is 1. The van der Waals surface area contributed by atoms with Gasteiger partial charge < -0.3 is 9.15 Å². The Morgan fingerprint density at radius 2 is 2.07 bits per heavy atom. The summed E-state index contributed by atoms with van der Waals surface area (Å²) < 4.78 is 26.1. The maximum Gasteiger partial charge on any atom is 0.307 e. The number of nitrogens with zero attached hydrogens (tertiary/aromatic N) is 3. The molecular formula is C20H21FN4O3. The third kappa shape index (κ3) is 4.28. The third-order valence-electron chi connectivity index (χ3n) is 4.30. The van der Waals surface area contributed by atoms with Gasteiger partial charge in [-0.25, -0.2) is 10.1 Å². The van der Waals surface area contributed by atoms with Gasteiger partial charge in [0.15, 0.2) is 5.76 Å². The number of hydrogen-bond donors (Lipinski definition) is 1. The Bertz CT molecular complexity index is 1040. The van der Waals surface area contributed by atoms with Crippen LogP contribution in [0.5, 0.6) is 5.75 Å². The van der Waals surface area contributed by atoms with E-state index in [1.165, 1.54) is 24.9 Å². The lowest BCUT2D eigenvalue weighted by Crippen LogP contribution is -2.17. The molecule has 3 rings (SSSR count). The Labute approximate surface area is 161 Å². The van der Waals surface area contributed by atoms with Gasteiger partial charge >= 0.3 is 5.91 Å². The average Bonchev–Trinajstić information content (AvgIpc) is 3.22. The van der Waals surface area contributed by atoms with Crippen molar-refractivity contribution in [2.75, 3.05) is 0 Å². The van der Waals surface area contributed by atoms with E-state index >= 15 is 0 Å². The van der Waals surface area contributed by atoms with Crippen LogP contribution in [-0.4, -0.2) is 21.9 Å². The van der Waals surface area contributed by atoms with Crippen molar-refractivity contribution >= 4 is 12.1 Å². The zero-order valence-corrected chi connectivity index (χ0v) is 16.1. The molecule has 0 unspecified atom stereocenters. The molecule has 0 radical (unpaired) electrons. The molecule has 1 amide bonds. The summed E-state index contributed by atoms with van der Waals surface area (Å²) in [5, 5.41) is 7.70. The molecule has 3 aromatic rings.